The van der Waals surface area contributed by atoms with Gasteiger partial charge in [-0.05, 0) is 28.9 Å². The number of aliphatic hydroxyl groups is 1. The maximum atomic E-state index is 10.3. The molecule has 0 aliphatic carbocycles. The molecule has 0 fully saturated rings. The Labute approximate surface area is 113 Å². The van der Waals surface area contributed by atoms with E-state index in [0.29, 0.717) is 16.4 Å². The summed E-state index contributed by atoms with van der Waals surface area (Å²) in [5.74, 6) is 0.604. The Hall–Kier alpha value is -0.840. The first-order valence-electron chi connectivity index (χ1n) is 5.28. The van der Waals surface area contributed by atoms with E-state index in [1.54, 1.807) is 12.3 Å². The smallest absolute Gasteiger partial charge is 0.142 e. The number of imidazole rings is 1. The van der Waals surface area contributed by atoms with Crippen molar-refractivity contribution in [1.29, 1.82) is 0 Å². The number of aliphatic hydroxyl groups excluding tert-OH is 1. The number of nitrogens with zero attached hydrogens (tertiary/aromatic N) is 2. The summed E-state index contributed by atoms with van der Waals surface area (Å²) in [7, 11) is 0. The van der Waals surface area contributed by atoms with Crippen LogP contribution in [0.4, 0.5) is 0 Å². The van der Waals surface area contributed by atoms with Gasteiger partial charge in [-0.3, -0.25) is 0 Å². The van der Waals surface area contributed by atoms with Crippen molar-refractivity contribution in [2.24, 2.45) is 0 Å². The van der Waals surface area contributed by atoms with Gasteiger partial charge in [0, 0.05) is 29.0 Å². The largest absolute Gasteiger partial charge is 0.380 e. The van der Waals surface area contributed by atoms with E-state index in [1.807, 2.05) is 29.8 Å². The molecule has 0 radical (unpaired) electrons. The van der Waals surface area contributed by atoms with Gasteiger partial charge in [-0.2, -0.15) is 0 Å². The third kappa shape index (κ3) is 2.39. The molecular weight excluding hydrogens is 304 g/mol. The molecule has 0 aliphatic rings. The van der Waals surface area contributed by atoms with Crippen LogP contribution in [0.25, 0.3) is 0 Å². The molecule has 1 atom stereocenters. The quantitative estimate of drug-likeness (QED) is 0.942. The Balaban J connectivity index is 2.44. The van der Waals surface area contributed by atoms with Gasteiger partial charge >= 0.3 is 0 Å². The second kappa shape index (κ2) is 5.21. The number of benzene rings is 1. The normalized spacial score (nSPS) is 12.7. The van der Waals surface area contributed by atoms with E-state index in [-0.39, 0.29) is 0 Å². The zero-order chi connectivity index (χ0) is 12.4. The molecule has 0 bridgehead atoms. The number of halogens is 2. The van der Waals surface area contributed by atoms with Gasteiger partial charge in [-0.25, -0.2) is 4.98 Å². The van der Waals surface area contributed by atoms with E-state index in [0.717, 1.165) is 11.0 Å². The van der Waals surface area contributed by atoms with Crippen LogP contribution in [0.3, 0.4) is 0 Å². The Kier molecular flexibility index (Phi) is 3.86. The zero-order valence-corrected chi connectivity index (χ0v) is 11.6. The molecule has 0 saturated carbocycles. The lowest BCUT2D eigenvalue weighted by Crippen LogP contribution is -2.09. The number of hydrogen-bond acceptors (Lipinski definition) is 2. The zero-order valence-electron chi connectivity index (χ0n) is 9.27. The summed E-state index contributed by atoms with van der Waals surface area (Å²) in [5.41, 5.74) is 0.655. The Morgan fingerprint density at radius 2 is 2.29 bits per heavy atom. The van der Waals surface area contributed by atoms with Crippen molar-refractivity contribution in [2.45, 2.75) is 19.6 Å². The first-order chi connectivity index (χ1) is 8.15. The van der Waals surface area contributed by atoms with Crippen LogP contribution in [0, 0.1) is 0 Å². The summed E-state index contributed by atoms with van der Waals surface area (Å²) in [6, 6.07) is 5.48. The summed E-state index contributed by atoms with van der Waals surface area (Å²) in [6.07, 6.45) is 2.70. The molecule has 0 aliphatic heterocycles. The van der Waals surface area contributed by atoms with Crippen LogP contribution in [0.15, 0.2) is 35.1 Å². The van der Waals surface area contributed by atoms with Crippen molar-refractivity contribution in [1.82, 2.24) is 9.55 Å². The van der Waals surface area contributed by atoms with Crippen molar-refractivity contribution >= 4 is 27.5 Å². The molecule has 0 amide bonds. The second-order valence-electron chi connectivity index (χ2n) is 3.62. The minimum absolute atomic E-state index is 0.519. The summed E-state index contributed by atoms with van der Waals surface area (Å²) in [4.78, 5) is 4.17. The molecule has 90 valence electrons. The fourth-order valence-electron chi connectivity index (χ4n) is 1.71. The van der Waals surface area contributed by atoms with Crippen molar-refractivity contribution in [3.63, 3.8) is 0 Å². The first-order valence-corrected chi connectivity index (χ1v) is 6.45. The number of aryl methyl sites for hydroxylation is 1. The van der Waals surface area contributed by atoms with E-state index < -0.39 is 6.10 Å². The van der Waals surface area contributed by atoms with Gasteiger partial charge in [-0.15, -0.1) is 0 Å². The molecule has 3 nitrogen and oxygen atoms in total. The maximum Gasteiger partial charge on any atom is 0.142 e. The first kappa shape index (κ1) is 12.6. The summed E-state index contributed by atoms with van der Waals surface area (Å²) in [5, 5.41) is 10.8. The van der Waals surface area contributed by atoms with Gasteiger partial charge in [0.15, 0.2) is 0 Å². The van der Waals surface area contributed by atoms with Crippen LogP contribution in [0.5, 0.6) is 0 Å². The van der Waals surface area contributed by atoms with Crippen LogP contribution in [-0.2, 0) is 6.54 Å². The number of aromatic nitrogens is 2. The molecule has 1 unspecified atom stereocenters. The fourth-order valence-corrected chi connectivity index (χ4v) is 2.32. The van der Waals surface area contributed by atoms with Gasteiger partial charge in [0.2, 0.25) is 0 Å². The van der Waals surface area contributed by atoms with Gasteiger partial charge in [-0.1, -0.05) is 23.7 Å². The van der Waals surface area contributed by atoms with Gasteiger partial charge in [0.25, 0.3) is 0 Å². The molecule has 0 spiro atoms. The van der Waals surface area contributed by atoms with E-state index >= 15 is 0 Å². The van der Waals surface area contributed by atoms with Crippen LogP contribution in [0.1, 0.15) is 24.4 Å². The minimum Gasteiger partial charge on any atom is -0.380 e. The SMILES string of the molecule is CCn1ccnc1C(O)c1cccc(Br)c1Cl. The van der Waals surface area contributed by atoms with Gasteiger partial charge in [0.1, 0.15) is 11.9 Å². The second-order valence-corrected chi connectivity index (χ2v) is 4.85. The lowest BCUT2D eigenvalue weighted by atomic mass is 10.1. The highest BCUT2D eigenvalue weighted by Gasteiger charge is 2.19. The number of rotatable bonds is 3. The lowest BCUT2D eigenvalue weighted by Gasteiger charge is -2.14. The summed E-state index contributed by atoms with van der Waals surface area (Å²) < 4.78 is 2.66. The topological polar surface area (TPSA) is 38.0 Å². The van der Waals surface area contributed by atoms with Gasteiger partial charge < -0.3 is 9.67 Å². The van der Waals surface area contributed by atoms with Crippen LogP contribution < -0.4 is 0 Å². The number of hydrogen-bond donors (Lipinski definition) is 1. The molecule has 1 heterocycles. The summed E-state index contributed by atoms with van der Waals surface area (Å²) >= 11 is 9.50. The third-order valence-corrected chi connectivity index (χ3v) is 3.92. The predicted molar refractivity (Wildman–Crippen MR) is 71.1 cm³/mol. The van der Waals surface area contributed by atoms with Crippen LogP contribution in [0.2, 0.25) is 5.02 Å². The average Bonchev–Trinajstić information content (AvgIpc) is 2.80. The third-order valence-electron chi connectivity index (χ3n) is 2.61. The monoisotopic (exact) mass is 314 g/mol. The minimum atomic E-state index is -0.810. The van der Waals surface area contributed by atoms with E-state index in [4.69, 9.17) is 11.6 Å². The molecule has 1 aromatic heterocycles. The highest BCUT2D eigenvalue weighted by Crippen LogP contribution is 2.32. The highest BCUT2D eigenvalue weighted by molar-refractivity contribution is 9.10. The molecule has 1 aromatic carbocycles. The Bertz CT molecular complexity index is 527. The van der Waals surface area contributed by atoms with Crippen LogP contribution in [-0.4, -0.2) is 14.7 Å². The maximum absolute atomic E-state index is 10.3. The molecule has 2 aromatic rings. The van der Waals surface area contributed by atoms with E-state index in [2.05, 4.69) is 20.9 Å². The molecule has 0 saturated heterocycles. The predicted octanol–water partition coefficient (Wildman–Crippen LogP) is 3.40. The van der Waals surface area contributed by atoms with E-state index in [1.165, 1.54) is 0 Å². The van der Waals surface area contributed by atoms with Gasteiger partial charge in [0.05, 0.1) is 5.02 Å². The summed E-state index contributed by atoms with van der Waals surface area (Å²) in [6.45, 7) is 2.76. The molecular formula is C12H12BrClN2O. The fraction of sp³-hybridized carbons (Fsp3) is 0.250. The Morgan fingerprint density at radius 3 is 3.00 bits per heavy atom. The van der Waals surface area contributed by atoms with E-state index in [9.17, 15) is 5.11 Å². The molecule has 1 N–H and O–H groups in total. The Morgan fingerprint density at radius 1 is 1.53 bits per heavy atom. The average molecular weight is 316 g/mol. The molecule has 17 heavy (non-hydrogen) atoms. The lowest BCUT2D eigenvalue weighted by molar-refractivity contribution is 0.205. The molecule has 5 heteroatoms. The standard InChI is InChI=1S/C12H12BrClN2O/c1-2-16-7-6-15-12(16)11(17)8-4-3-5-9(13)10(8)14/h3-7,11,17H,2H2,1H3. The van der Waals surface area contributed by atoms with Crippen molar-refractivity contribution in [3.05, 3.63) is 51.5 Å². The van der Waals surface area contributed by atoms with Crippen molar-refractivity contribution in [3.8, 4) is 0 Å². The highest BCUT2D eigenvalue weighted by atomic mass is 79.9. The van der Waals surface area contributed by atoms with Crippen LogP contribution >= 0.6 is 27.5 Å². The van der Waals surface area contributed by atoms with Crippen molar-refractivity contribution < 1.29 is 5.11 Å². The molecule has 2 rings (SSSR count). The van der Waals surface area contributed by atoms with Crippen molar-refractivity contribution in [2.75, 3.05) is 0 Å².